The summed E-state index contributed by atoms with van der Waals surface area (Å²) >= 11 is 0. The standard InChI is InChI=1S/C19H23FN4O/c1-12-16(13(2)23-19(21)22-12)11-18(25)24-9-4-3-8-17(24)14-6-5-7-15(20)10-14/h5-7,10,17H,3-4,8-9,11H2,1-2H3,(H2,21,22,23)/t17-/m0/s1. The van der Waals surface area contributed by atoms with Crippen LogP contribution in [-0.4, -0.2) is 27.3 Å². The van der Waals surface area contributed by atoms with Crippen LogP contribution in [-0.2, 0) is 11.2 Å². The summed E-state index contributed by atoms with van der Waals surface area (Å²) < 4.78 is 13.6. The Kier molecular flexibility index (Phi) is 4.97. The molecule has 6 heteroatoms. The maximum atomic E-state index is 13.6. The fourth-order valence-corrected chi connectivity index (χ4v) is 3.56. The third-order valence-corrected chi connectivity index (χ3v) is 4.82. The number of aryl methyl sites for hydroxylation is 2. The molecule has 0 radical (unpaired) electrons. The Morgan fingerprint density at radius 2 is 2.00 bits per heavy atom. The Balaban J connectivity index is 1.84. The van der Waals surface area contributed by atoms with Crippen molar-refractivity contribution >= 4 is 11.9 Å². The van der Waals surface area contributed by atoms with Crippen molar-refractivity contribution in [1.29, 1.82) is 0 Å². The number of carbonyl (C=O) groups is 1. The molecule has 1 aromatic heterocycles. The molecular weight excluding hydrogens is 319 g/mol. The van der Waals surface area contributed by atoms with Crippen LogP contribution in [0.4, 0.5) is 10.3 Å². The van der Waals surface area contributed by atoms with E-state index < -0.39 is 0 Å². The van der Waals surface area contributed by atoms with Crippen molar-refractivity contribution < 1.29 is 9.18 Å². The lowest BCUT2D eigenvalue weighted by Crippen LogP contribution is -2.39. The lowest BCUT2D eigenvalue weighted by molar-refractivity contribution is -0.134. The number of likely N-dealkylation sites (tertiary alicyclic amines) is 1. The van der Waals surface area contributed by atoms with Crippen molar-refractivity contribution in [3.63, 3.8) is 0 Å². The van der Waals surface area contributed by atoms with Crippen LogP contribution in [0, 0.1) is 19.7 Å². The number of amides is 1. The van der Waals surface area contributed by atoms with Gasteiger partial charge in [-0.2, -0.15) is 0 Å². The van der Waals surface area contributed by atoms with Gasteiger partial charge < -0.3 is 10.6 Å². The van der Waals surface area contributed by atoms with E-state index in [2.05, 4.69) is 9.97 Å². The SMILES string of the molecule is Cc1nc(N)nc(C)c1CC(=O)N1CCCC[C@H]1c1cccc(F)c1. The number of aromatic nitrogens is 2. The number of rotatable bonds is 3. The first-order valence-corrected chi connectivity index (χ1v) is 8.60. The van der Waals surface area contributed by atoms with Crippen LogP contribution in [0.15, 0.2) is 24.3 Å². The Hall–Kier alpha value is -2.50. The van der Waals surface area contributed by atoms with Crippen LogP contribution in [0.1, 0.15) is 47.8 Å². The lowest BCUT2D eigenvalue weighted by Gasteiger charge is -2.36. The molecule has 1 aliphatic heterocycles. The normalized spacial score (nSPS) is 17.6. The summed E-state index contributed by atoms with van der Waals surface area (Å²) in [5.74, 6) is -0.0237. The van der Waals surface area contributed by atoms with Gasteiger partial charge in [-0.1, -0.05) is 12.1 Å². The molecule has 0 saturated carbocycles. The fourth-order valence-electron chi connectivity index (χ4n) is 3.56. The maximum absolute atomic E-state index is 13.6. The second-order valence-corrected chi connectivity index (χ2v) is 6.56. The summed E-state index contributed by atoms with van der Waals surface area (Å²) in [5, 5.41) is 0. The van der Waals surface area contributed by atoms with Crippen LogP contribution < -0.4 is 5.73 Å². The number of piperidine rings is 1. The topological polar surface area (TPSA) is 72.1 Å². The molecule has 0 spiro atoms. The Morgan fingerprint density at radius 3 is 2.68 bits per heavy atom. The van der Waals surface area contributed by atoms with Gasteiger partial charge in [0.2, 0.25) is 11.9 Å². The molecule has 1 amide bonds. The molecule has 3 rings (SSSR count). The fraction of sp³-hybridized carbons (Fsp3) is 0.421. The van der Waals surface area contributed by atoms with E-state index in [1.54, 1.807) is 6.07 Å². The van der Waals surface area contributed by atoms with Gasteiger partial charge in [0.25, 0.3) is 0 Å². The Bertz CT molecular complexity index is 770. The van der Waals surface area contributed by atoms with Crippen molar-refractivity contribution in [2.45, 2.75) is 45.6 Å². The van der Waals surface area contributed by atoms with E-state index >= 15 is 0 Å². The summed E-state index contributed by atoms with van der Waals surface area (Å²) in [6.07, 6.45) is 3.09. The van der Waals surface area contributed by atoms with Crippen molar-refractivity contribution in [3.05, 3.63) is 52.6 Å². The molecule has 0 aliphatic carbocycles. The molecule has 0 bridgehead atoms. The largest absolute Gasteiger partial charge is 0.368 e. The summed E-state index contributed by atoms with van der Waals surface area (Å²) in [4.78, 5) is 23.2. The summed E-state index contributed by atoms with van der Waals surface area (Å²) in [6, 6.07) is 6.47. The highest BCUT2D eigenvalue weighted by Gasteiger charge is 2.29. The second kappa shape index (κ2) is 7.17. The molecule has 132 valence electrons. The number of halogens is 1. The minimum atomic E-state index is -0.269. The average Bonchev–Trinajstić information content (AvgIpc) is 2.58. The molecule has 25 heavy (non-hydrogen) atoms. The number of nitrogen functional groups attached to an aromatic ring is 1. The molecule has 1 atom stereocenters. The average molecular weight is 342 g/mol. The van der Waals surface area contributed by atoms with E-state index in [0.717, 1.165) is 41.8 Å². The zero-order valence-electron chi connectivity index (χ0n) is 14.6. The van der Waals surface area contributed by atoms with E-state index in [9.17, 15) is 9.18 Å². The Labute approximate surface area is 147 Å². The molecule has 2 N–H and O–H groups in total. The third-order valence-electron chi connectivity index (χ3n) is 4.82. The van der Waals surface area contributed by atoms with E-state index in [-0.39, 0.29) is 30.1 Å². The molecule has 1 fully saturated rings. The van der Waals surface area contributed by atoms with Gasteiger partial charge in [-0.05, 0) is 50.8 Å². The maximum Gasteiger partial charge on any atom is 0.227 e. The zero-order chi connectivity index (χ0) is 18.0. The minimum Gasteiger partial charge on any atom is -0.368 e. The van der Waals surface area contributed by atoms with Gasteiger partial charge >= 0.3 is 0 Å². The van der Waals surface area contributed by atoms with E-state index in [0.29, 0.717) is 6.54 Å². The highest BCUT2D eigenvalue weighted by Crippen LogP contribution is 2.32. The number of hydrogen-bond acceptors (Lipinski definition) is 4. The van der Waals surface area contributed by atoms with Gasteiger partial charge in [0.1, 0.15) is 5.82 Å². The van der Waals surface area contributed by atoms with Gasteiger partial charge in [-0.15, -0.1) is 0 Å². The highest BCUT2D eigenvalue weighted by molar-refractivity contribution is 5.80. The lowest BCUT2D eigenvalue weighted by atomic mass is 9.94. The molecule has 1 aromatic carbocycles. The minimum absolute atomic E-state index is 0.0218. The van der Waals surface area contributed by atoms with Crippen LogP contribution >= 0.6 is 0 Å². The quantitative estimate of drug-likeness (QED) is 0.930. The zero-order valence-corrected chi connectivity index (χ0v) is 14.6. The molecule has 1 aliphatic rings. The van der Waals surface area contributed by atoms with Crippen LogP contribution in [0.3, 0.4) is 0 Å². The van der Waals surface area contributed by atoms with E-state index in [4.69, 9.17) is 5.73 Å². The predicted molar refractivity (Wildman–Crippen MR) is 94.3 cm³/mol. The summed E-state index contributed by atoms with van der Waals surface area (Å²) in [6.45, 7) is 4.37. The van der Waals surface area contributed by atoms with Crippen LogP contribution in [0.5, 0.6) is 0 Å². The number of benzene rings is 1. The van der Waals surface area contributed by atoms with Gasteiger partial charge in [0, 0.05) is 23.5 Å². The van der Waals surface area contributed by atoms with Crippen LogP contribution in [0.25, 0.3) is 0 Å². The molecule has 1 saturated heterocycles. The van der Waals surface area contributed by atoms with E-state index in [1.807, 2.05) is 24.8 Å². The highest BCUT2D eigenvalue weighted by atomic mass is 19.1. The first kappa shape index (κ1) is 17.3. The van der Waals surface area contributed by atoms with Crippen molar-refractivity contribution in [1.82, 2.24) is 14.9 Å². The van der Waals surface area contributed by atoms with Gasteiger partial charge in [0.05, 0.1) is 12.5 Å². The summed E-state index contributed by atoms with van der Waals surface area (Å²) in [5.41, 5.74) is 8.81. The monoisotopic (exact) mass is 342 g/mol. The van der Waals surface area contributed by atoms with Gasteiger partial charge in [-0.25, -0.2) is 14.4 Å². The smallest absolute Gasteiger partial charge is 0.227 e. The molecule has 2 aromatic rings. The molecule has 2 heterocycles. The number of nitrogens with two attached hydrogens (primary N) is 1. The van der Waals surface area contributed by atoms with Crippen molar-refractivity contribution in [2.75, 3.05) is 12.3 Å². The van der Waals surface area contributed by atoms with Crippen molar-refractivity contribution in [3.8, 4) is 0 Å². The molecule has 0 unspecified atom stereocenters. The number of anilines is 1. The van der Waals surface area contributed by atoms with Crippen molar-refractivity contribution in [2.24, 2.45) is 0 Å². The predicted octanol–water partition coefficient (Wildman–Crippen LogP) is 3.11. The Morgan fingerprint density at radius 1 is 1.28 bits per heavy atom. The van der Waals surface area contributed by atoms with E-state index in [1.165, 1.54) is 12.1 Å². The molecule has 5 nitrogen and oxygen atoms in total. The van der Waals surface area contributed by atoms with Crippen LogP contribution in [0.2, 0.25) is 0 Å². The first-order valence-electron chi connectivity index (χ1n) is 8.60. The number of nitrogens with zero attached hydrogens (tertiary/aromatic N) is 3. The summed E-state index contributed by atoms with van der Waals surface area (Å²) in [7, 11) is 0. The molecular formula is C19H23FN4O. The number of carbonyl (C=O) groups excluding carboxylic acids is 1. The van der Waals surface area contributed by atoms with Gasteiger partial charge in [0.15, 0.2) is 0 Å². The van der Waals surface area contributed by atoms with Gasteiger partial charge in [-0.3, -0.25) is 4.79 Å². The third kappa shape index (κ3) is 3.78. The first-order chi connectivity index (χ1) is 12.0. The second-order valence-electron chi connectivity index (χ2n) is 6.56. The number of hydrogen-bond donors (Lipinski definition) is 1.